The topological polar surface area (TPSA) is 78.9 Å². The molecule has 1 atom stereocenters. The van der Waals surface area contributed by atoms with Crippen molar-refractivity contribution in [1.82, 2.24) is 0 Å². The molecule has 6 heteroatoms. The van der Waals surface area contributed by atoms with Gasteiger partial charge in [-0.1, -0.05) is 326 Å². The van der Waals surface area contributed by atoms with Crippen LogP contribution in [0.25, 0.3) is 0 Å². The molecule has 0 bridgehead atoms. The summed E-state index contributed by atoms with van der Waals surface area (Å²) < 4.78 is 16.9. The molecule has 0 aliphatic rings. The van der Waals surface area contributed by atoms with E-state index >= 15 is 0 Å². The Kier molecular flexibility index (Phi) is 64.2. The Morgan fingerprint density at radius 2 is 0.513 bits per heavy atom. The predicted molar refractivity (Wildman–Crippen MR) is 339 cm³/mol. The molecule has 0 aromatic carbocycles. The number of allylic oxidation sites excluding steroid dienone is 10. The molecule has 0 saturated carbocycles. The molecule has 0 aliphatic heterocycles. The second kappa shape index (κ2) is 66.6. The van der Waals surface area contributed by atoms with E-state index in [1.54, 1.807) is 0 Å². The van der Waals surface area contributed by atoms with Crippen molar-refractivity contribution in [1.29, 1.82) is 0 Å². The molecule has 0 fully saturated rings. The third-order valence-corrected chi connectivity index (χ3v) is 15.3. The lowest BCUT2D eigenvalue weighted by atomic mass is 10.0. The van der Waals surface area contributed by atoms with Gasteiger partial charge in [0.1, 0.15) is 13.2 Å². The molecule has 0 radical (unpaired) electrons. The Hall–Kier alpha value is -2.89. The van der Waals surface area contributed by atoms with Crippen LogP contribution in [0, 0.1) is 0 Å². The van der Waals surface area contributed by atoms with Gasteiger partial charge in [-0.3, -0.25) is 14.4 Å². The molecule has 0 N–H and O–H groups in total. The van der Waals surface area contributed by atoms with Crippen molar-refractivity contribution in [3.63, 3.8) is 0 Å². The Labute approximate surface area is 485 Å². The first-order valence-electron chi connectivity index (χ1n) is 34.3. The van der Waals surface area contributed by atoms with E-state index in [0.717, 1.165) is 89.9 Å². The maximum absolute atomic E-state index is 12.9. The summed E-state index contributed by atoms with van der Waals surface area (Å²) in [5.41, 5.74) is 0. The van der Waals surface area contributed by atoms with Gasteiger partial charge in [0.05, 0.1) is 0 Å². The molecule has 1 unspecified atom stereocenters. The summed E-state index contributed by atoms with van der Waals surface area (Å²) in [7, 11) is 0. The smallest absolute Gasteiger partial charge is 0.306 e. The fourth-order valence-corrected chi connectivity index (χ4v) is 10.1. The van der Waals surface area contributed by atoms with E-state index in [0.29, 0.717) is 19.3 Å². The third-order valence-electron chi connectivity index (χ3n) is 15.3. The molecule has 0 rings (SSSR count). The van der Waals surface area contributed by atoms with Crippen LogP contribution in [-0.2, 0) is 28.6 Å². The molecule has 78 heavy (non-hydrogen) atoms. The van der Waals surface area contributed by atoms with Gasteiger partial charge in [0.15, 0.2) is 6.10 Å². The Bertz CT molecular complexity index is 1390. The monoisotopic (exact) mass is 1090 g/mol. The summed E-state index contributed by atoms with van der Waals surface area (Å²) in [6.45, 7) is 6.54. The minimum atomic E-state index is -0.775. The summed E-state index contributed by atoms with van der Waals surface area (Å²) in [5, 5.41) is 0. The number of unbranched alkanes of at least 4 members (excludes halogenated alkanes) is 42. The summed E-state index contributed by atoms with van der Waals surface area (Å²) in [4.78, 5) is 38.3. The highest BCUT2D eigenvalue weighted by atomic mass is 16.6. The normalized spacial score (nSPS) is 12.4. The zero-order chi connectivity index (χ0) is 56.4. The lowest BCUT2D eigenvalue weighted by molar-refractivity contribution is -0.167. The van der Waals surface area contributed by atoms with Crippen LogP contribution in [-0.4, -0.2) is 37.2 Å². The number of esters is 3. The zero-order valence-corrected chi connectivity index (χ0v) is 52.2. The van der Waals surface area contributed by atoms with Gasteiger partial charge in [-0.15, -0.1) is 0 Å². The van der Waals surface area contributed by atoms with Crippen molar-refractivity contribution < 1.29 is 28.6 Å². The van der Waals surface area contributed by atoms with E-state index < -0.39 is 6.10 Å². The molecule has 6 nitrogen and oxygen atoms in total. The maximum atomic E-state index is 12.9. The van der Waals surface area contributed by atoms with Crippen molar-refractivity contribution in [2.75, 3.05) is 13.2 Å². The number of hydrogen-bond acceptors (Lipinski definition) is 6. The van der Waals surface area contributed by atoms with Crippen molar-refractivity contribution >= 4 is 17.9 Å². The summed E-state index contributed by atoms with van der Waals surface area (Å²) in [6, 6.07) is 0. The third kappa shape index (κ3) is 63.9. The predicted octanol–water partition coefficient (Wildman–Crippen LogP) is 23.5. The van der Waals surface area contributed by atoms with Gasteiger partial charge < -0.3 is 14.2 Å². The van der Waals surface area contributed by atoms with Crippen molar-refractivity contribution in [3.8, 4) is 0 Å². The highest BCUT2D eigenvalue weighted by Gasteiger charge is 2.19. The van der Waals surface area contributed by atoms with Crippen LogP contribution in [0.5, 0.6) is 0 Å². The average Bonchev–Trinajstić information content (AvgIpc) is 3.44. The van der Waals surface area contributed by atoms with E-state index in [1.807, 2.05) is 0 Å². The minimum absolute atomic E-state index is 0.0726. The molecule has 0 saturated heterocycles. The Balaban J connectivity index is 4.19. The lowest BCUT2D eigenvalue weighted by Gasteiger charge is -2.18. The summed E-state index contributed by atoms with van der Waals surface area (Å²) in [6.07, 6.45) is 85.4. The van der Waals surface area contributed by atoms with E-state index in [4.69, 9.17) is 14.2 Å². The van der Waals surface area contributed by atoms with Crippen molar-refractivity contribution in [2.45, 2.75) is 367 Å². The van der Waals surface area contributed by atoms with Crippen LogP contribution in [0.2, 0.25) is 0 Å². The second-order valence-corrected chi connectivity index (χ2v) is 23.1. The van der Waals surface area contributed by atoms with E-state index in [-0.39, 0.29) is 31.1 Å². The van der Waals surface area contributed by atoms with Gasteiger partial charge in [0.2, 0.25) is 0 Å². The fraction of sp³-hybridized carbons (Fsp3) is 0.819. The van der Waals surface area contributed by atoms with Crippen LogP contribution in [0.1, 0.15) is 361 Å². The number of hydrogen-bond donors (Lipinski definition) is 0. The number of carbonyl (C=O) groups excluding carboxylic acids is 3. The quantitative estimate of drug-likeness (QED) is 0.0261. The summed E-state index contributed by atoms with van der Waals surface area (Å²) in [5.74, 6) is -0.860. The standard InChI is InChI=1S/C72H130O6/c1-4-7-10-13-16-19-22-24-26-28-30-32-34-35-36-37-38-40-41-43-45-47-50-53-56-59-62-65-71(74)77-68-69(67-76-70(73)64-61-58-55-52-49-21-18-15-12-9-6-3)78-72(75)66-63-60-57-54-51-48-46-44-42-39-33-31-29-27-25-23-20-17-14-11-8-5-2/h7,10,15-16,18-19,24,26,30,32,69H,4-6,8-9,11-14,17,20-23,25,27-29,31,33-68H2,1-3H3/b10-7-,18-15-,19-16-,26-24-,32-30-. The highest BCUT2D eigenvalue weighted by Crippen LogP contribution is 2.18. The van der Waals surface area contributed by atoms with Gasteiger partial charge in [0.25, 0.3) is 0 Å². The average molecular weight is 1090 g/mol. The van der Waals surface area contributed by atoms with Gasteiger partial charge in [0, 0.05) is 19.3 Å². The molecular formula is C72H130O6. The molecule has 0 aromatic heterocycles. The van der Waals surface area contributed by atoms with Crippen molar-refractivity contribution in [3.05, 3.63) is 60.8 Å². The molecule has 0 heterocycles. The molecule has 454 valence electrons. The number of rotatable bonds is 63. The fourth-order valence-electron chi connectivity index (χ4n) is 10.1. The number of carbonyl (C=O) groups is 3. The molecule has 0 aliphatic carbocycles. The Morgan fingerprint density at radius 1 is 0.269 bits per heavy atom. The molecule has 0 aromatic rings. The first-order chi connectivity index (χ1) is 38.5. The minimum Gasteiger partial charge on any atom is -0.462 e. The first kappa shape index (κ1) is 75.1. The maximum Gasteiger partial charge on any atom is 0.306 e. The second-order valence-electron chi connectivity index (χ2n) is 23.1. The van der Waals surface area contributed by atoms with E-state index in [9.17, 15) is 14.4 Å². The van der Waals surface area contributed by atoms with E-state index in [2.05, 4.69) is 81.5 Å². The van der Waals surface area contributed by atoms with Crippen LogP contribution >= 0.6 is 0 Å². The van der Waals surface area contributed by atoms with E-state index in [1.165, 1.54) is 231 Å². The van der Waals surface area contributed by atoms with Crippen molar-refractivity contribution in [2.24, 2.45) is 0 Å². The largest absolute Gasteiger partial charge is 0.462 e. The summed E-state index contributed by atoms with van der Waals surface area (Å²) >= 11 is 0. The van der Waals surface area contributed by atoms with Gasteiger partial charge >= 0.3 is 17.9 Å². The molecule has 0 amide bonds. The van der Waals surface area contributed by atoms with Crippen LogP contribution < -0.4 is 0 Å². The lowest BCUT2D eigenvalue weighted by Crippen LogP contribution is -2.30. The first-order valence-corrected chi connectivity index (χ1v) is 34.3. The van der Waals surface area contributed by atoms with Crippen LogP contribution in [0.15, 0.2) is 60.8 Å². The molecule has 0 spiro atoms. The van der Waals surface area contributed by atoms with Gasteiger partial charge in [-0.05, 0) is 77.0 Å². The highest BCUT2D eigenvalue weighted by molar-refractivity contribution is 5.71. The van der Waals surface area contributed by atoms with Crippen LogP contribution in [0.3, 0.4) is 0 Å². The van der Waals surface area contributed by atoms with Gasteiger partial charge in [-0.25, -0.2) is 0 Å². The van der Waals surface area contributed by atoms with Crippen LogP contribution in [0.4, 0.5) is 0 Å². The van der Waals surface area contributed by atoms with Gasteiger partial charge in [-0.2, -0.15) is 0 Å². The zero-order valence-electron chi connectivity index (χ0n) is 52.2. The SMILES string of the molecule is CC/C=C\C/C=C\C/C=C\C/C=C\CCCCCCCCCCCCCCCCC(=O)OCC(COC(=O)CCCCCCC/C=C\CCCC)OC(=O)CCCCCCCCCCCCCCCCCCCCCCCC. The number of ether oxygens (including phenoxy) is 3. The molecular weight excluding hydrogens is 961 g/mol. The Morgan fingerprint density at radius 3 is 0.833 bits per heavy atom.